The molecular weight excluding hydrogens is 394 g/mol. The van der Waals surface area contributed by atoms with Crippen molar-refractivity contribution in [3.05, 3.63) is 88.4 Å². The molecule has 0 aromatic heterocycles. The van der Waals surface area contributed by atoms with Crippen molar-refractivity contribution in [3.63, 3.8) is 0 Å². The zero-order chi connectivity index (χ0) is 18.4. The number of benzene rings is 3. The Labute approximate surface area is 160 Å². The predicted molar refractivity (Wildman–Crippen MR) is 106 cm³/mol. The van der Waals surface area contributed by atoms with E-state index < -0.39 is 5.97 Å². The predicted octanol–water partition coefficient (Wildman–Crippen LogP) is 5.43. The molecule has 4 nitrogen and oxygen atoms in total. The van der Waals surface area contributed by atoms with Gasteiger partial charge in [0.05, 0.1) is 18.4 Å². The number of hydrogen-bond acceptors (Lipinski definition) is 4. The Morgan fingerprint density at radius 2 is 1.69 bits per heavy atom. The second kappa shape index (κ2) is 8.45. The highest BCUT2D eigenvalue weighted by atomic mass is 79.9. The van der Waals surface area contributed by atoms with Gasteiger partial charge in [-0.05, 0) is 72.3 Å². The maximum Gasteiger partial charge on any atom is 0.343 e. The van der Waals surface area contributed by atoms with E-state index in [1.807, 2.05) is 36.4 Å². The zero-order valence-electron chi connectivity index (χ0n) is 14.1. The van der Waals surface area contributed by atoms with Gasteiger partial charge in [0.25, 0.3) is 0 Å². The van der Waals surface area contributed by atoms with Crippen molar-refractivity contribution >= 4 is 33.8 Å². The first-order valence-electron chi connectivity index (χ1n) is 7.90. The topological polar surface area (TPSA) is 47.9 Å². The number of aliphatic imine (C=N–C) groups is 1. The molecule has 0 bridgehead atoms. The number of carbonyl (C=O) groups is 1. The molecule has 0 fully saturated rings. The molecule has 0 amide bonds. The fraction of sp³-hybridized carbons (Fsp3) is 0.0476. The maximum atomic E-state index is 12.2. The van der Waals surface area contributed by atoms with E-state index in [0.717, 1.165) is 21.5 Å². The summed E-state index contributed by atoms with van der Waals surface area (Å²) in [6, 6.07) is 21.7. The van der Waals surface area contributed by atoms with Gasteiger partial charge in [0.2, 0.25) is 0 Å². The van der Waals surface area contributed by atoms with Crippen LogP contribution in [0.1, 0.15) is 15.9 Å². The van der Waals surface area contributed by atoms with Gasteiger partial charge in [0.1, 0.15) is 11.5 Å². The van der Waals surface area contributed by atoms with Crippen molar-refractivity contribution in [2.24, 2.45) is 4.99 Å². The number of halogens is 1. The molecular formula is C21H16BrNO3. The van der Waals surface area contributed by atoms with Crippen molar-refractivity contribution in [2.45, 2.75) is 0 Å². The molecule has 0 N–H and O–H groups in total. The van der Waals surface area contributed by atoms with Crippen LogP contribution < -0.4 is 9.47 Å². The Kier molecular flexibility index (Phi) is 5.81. The van der Waals surface area contributed by atoms with Gasteiger partial charge >= 0.3 is 5.97 Å². The van der Waals surface area contributed by atoms with Crippen LogP contribution in [0.25, 0.3) is 0 Å². The summed E-state index contributed by atoms with van der Waals surface area (Å²) in [6.45, 7) is 0. The molecule has 0 aliphatic carbocycles. The fourth-order valence-electron chi connectivity index (χ4n) is 2.22. The Balaban J connectivity index is 1.65. The third-order valence-electron chi connectivity index (χ3n) is 3.59. The van der Waals surface area contributed by atoms with Crippen LogP contribution in [0.4, 0.5) is 5.69 Å². The van der Waals surface area contributed by atoms with E-state index >= 15 is 0 Å². The van der Waals surface area contributed by atoms with Crippen LogP contribution in [0.15, 0.2) is 82.3 Å². The van der Waals surface area contributed by atoms with Crippen LogP contribution in [0.3, 0.4) is 0 Å². The van der Waals surface area contributed by atoms with Gasteiger partial charge in [-0.1, -0.05) is 22.0 Å². The largest absolute Gasteiger partial charge is 0.497 e. The summed E-state index contributed by atoms with van der Waals surface area (Å²) in [5, 5.41) is 0. The molecule has 130 valence electrons. The highest BCUT2D eigenvalue weighted by Crippen LogP contribution is 2.20. The van der Waals surface area contributed by atoms with Gasteiger partial charge < -0.3 is 9.47 Å². The second-order valence-corrected chi connectivity index (χ2v) is 6.34. The lowest BCUT2D eigenvalue weighted by atomic mass is 10.2. The molecule has 0 radical (unpaired) electrons. The van der Waals surface area contributed by atoms with E-state index in [1.165, 1.54) is 0 Å². The van der Waals surface area contributed by atoms with E-state index in [1.54, 1.807) is 49.7 Å². The minimum atomic E-state index is -0.409. The van der Waals surface area contributed by atoms with Gasteiger partial charge in [-0.2, -0.15) is 0 Å². The Morgan fingerprint density at radius 3 is 2.35 bits per heavy atom. The molecule has 5 heteroatoms. The molecule has 26 heavy (non-hydrogen) atoms. The smallest absolute Gasteiger partial charge is 0.343 e. The van der Waals surface area contributed by atoms with Crippen molar-refractivity contribution in [1.82, 2.24) is 0 Å². The average Bonchev–Trinajstić information content (AvgIpc) is 2.67. The molecule has 3 aromatic rings. The first-order valence-corrected chi connectivity index (χ1v) is 8.69. The monoisotopic (exact) mass is 409 g/mol. The highest BCUT2D eigenvalue weighted by molar-refractivity contribution is 9.10. The molecule has 0 atom stereocenters. The third kappa shape index (κ3) is 4.80. The number of methoxy groups -OCH3 is 1. The third-order valence-corrected chi connectivity index (χ3v) is 4.08. The summed E-state index contributed by atoms with van der Waals surface area (Å²) in [5.74, 6) is 0.884. The normalized spacial score (nSPS) is 10.7. The summed E-state index contributed by atoms with van der Waals surface area (Å²) < 4.78 is 11.3. The summed E-state index contributed by atoms with van der Waals surface area (Å²) in [6.07, 6.45) is 1.76. The van der Waals surface area contributed by atoms with Crippen LogP contribution >= 0.6 is 15.9 Å². The zero-order valence-corrected chi connectivity index (χ0v) is 15.6. The van der Waals surface area contributed by atoms with Crippen LogP contribution in [0, 0.1) is 0 Å². The summed E-state index contributed by atoms with van der Waals surface area (Å²) in [5.41, 5.74) is 2.18. The van der Waals surface area contributed by atoms with E-state index in [-0.39, 0.29) is 0 Å². The van der Waals surface area contributed by atoms with Gasteiger partial charge in [-0.15, -0.1) is 0 Å². The van der Waals surface area contributed by atoms with E-state index in [9.17, 15) is 4.79 Å². The quantitative estimate of drug-likeness (QED) is 0.320. The SMILES string of the molecule is COc1ccc(C=Nc2ccc(C(=O)Oc3cccc(Br)c3)cc2)cc1. The second-order valence-electron chi connectivity index (χ2n) is 5.43. The van der Waals surface area contributed by atoms with E-state index in [0.29, 0.717) is 11.3 Å². The number of esters is 1. The molecule has 3 rings (SSSR count). The average molecular weight is 410 g/mol. The van der Waals surface area contributed by atoms with Crippen LogP contribution in [0.2, 0.25) is 0 Å². The molecule has 0 unspecified atom stereocenters. The lowest BCUT2D eigenvalue weighted by Gasteiger charge is -2.05. The lowest BCUT2D eigenvalue weighted by molar-refractivity contribution is 0.0734. The fourth-order valence-corrected chi connectivity index (χ4v) is 2.60. The van der Waals surface area contributed by atoms with Crippen molar-refractivity contribution in [2.75, 3.05) is 7.11 Å². The summed E-state index contributed by atoms with van der Waals surface area (Å²) >= 11 is 3.35. The highest BCUT2D eigenvalue weighted by Gasteiger charge is 2.08. The van der Waals surface area contributed by atoms with E-state index in [2.05, 4.69) is 20.9 Å². The van der Waals surface area contributed by atoms with Gasteiger partial charge in [-0.25, -0.2) is 4.79 Å². The van der Waals surface area contributed by atoms with Crippen molar-refractivity contribution in [1.29, 1.82) is 0 Å². The molecule has 0 saturated heterocycles. The first-order chi connectivity index (χ1) is 12.6. The Bertz CT molecular complexity index is 919. The lowest BCUT2D eigenvalue weighted by Crippen LogP contribution is -2.07. The minimum Gasteiger partial charge on any atom is -0.497 e. The Morgan fingerprint density at radius 1 is 0.962 bits per heavy atom. The van der Waals surface area contributed by atoms with Crippen LogP contribution in [-0.2, 0) is 0 Å². The molecule has 0 spiro atoms. The summed E-state index contributed by atoms with van der Waals surface area (Å²) in [7, 11) is 1.63. The minimum absolute atomic E-state index is 0.409. The number of ether oxygens (including phenoxy) is 2. The molecule has 3 aromatic carbocycles. The molecule has 0 saturated carbocycles. The van der Waals surface area contributed by atoms with Crippen molar-refractivity contribution < 1.29 is 14.3 Å². The van der Waals surface area contributed by atoms with Crippen LogP contribution in [0.5, 0.6) is 11.5 Å². The van der Waals surface area contributed by atoms with Gasteiger partial charge in [0.15, 0.2) is 0 Å². The van der Waals surface area contributed by atoms with Crippen LogP contribution in [-0.4, -0.2) is 19.3 Å². The number of nitrogens with zero attached hydrogens (tertiary/aromatic N) is 1. The van der Waals surface area contributed by atoms with E-state index in [4.69, 9.17) is 9.47 Å². The maximum absolute atomic E-state index is 12.2. The standard InChI is InChI=1S/C21H16BrNO3/c1-25-19-11-5-15(6-12-19)14-23-18-9-7-16(8-10-18)21(24)26-20-4-2-3-17(22)13-20/h2-14H,1H3. The molecule has 0 aliphatic heterocycles. The number of rotatable bonds is 5. The van der Waals surface area contributed by atoms with Gasteiger partial charge in [-0.3, -0.25) is 4.99 Å². The Hall–Kier alpha value is -2.92. The van der Waals surface area contributed by atoms with Crippen molar-refractivity contribution in [3.8, 4) is 11.5 Å². The summed E-state index contributed by atoms with van der Waals surface area (Å²) in [4.78, 5) is 16.6. The van der Waals surface area contributed by atoms with Gasteiger partial charge in [0, 0.05) is 10.7 Å². The molecule has 0 aliphatic rings. The number of hydrogen-bond donors (Lipinski definition) is 0. The molecule has 0 heterocycles. The number of carbonyl (C=O) groups excluding carboxylic acids is 1. The first kappa shape index (κ1) is 17.9.